The SMILES string of the molecule is Cc1nc(SCCCOc2cccc(N)c2)oc1C. The Kier molecular flexibility index (Phi) is 4.74. The molecule has 0 saturated heterocycles. The Labute approximate surface area is 117 Å². The Morgan fingerprint density at radius 3 is 2.89 bits per heavy atom. The number of hydrogen-bond acceptors (Lipinski definition) is 5. The minimum absolute atomic E-state index is 0.662. The van der Waals surface area contributed by atoms with Crippen LogP contribution in [0.5, 0.6) is 5.75 Å². The number of nitrogens with two attached hydrogens (primary N) is 1. The molecule has 0 aliphatic rings. The fourth-order valence-corrected chi connectivity index (χ4v) is 2.34. The van der Waals surface area contributed by atoms with Crippen molar-refractivity contribution in [2.45, 2.75) is 25.5 Å². The van der Waals surface area contributed by atoms with Crippen LogP contribution in [-0.4, -0.2) is 17.3 Å². The van der Waals surface area contributed by atoms with Crippen molar-refractivity contribution in [3.8, 4) is 5.75 Å². The summed E-state index contributed by atoms with van der Waals surface area (Å²) < 4.78 is 11.1. The maximum atomic E-state index is 5.68. The molecule has 5 heteroatoms. The number of nitrogens with zero attached hydrogens (tertiary/aromatic N) is 1. The van der Waals surface area contributed by atoms with E-state index in [-0.39, 0.29) is 0 Å². The van der Waals surface area contributed by atoms with E-state index in [1.807, 2.05) is 38.1 Å². The van der Waals surface area contributed by atoms with Gasteiger partial charge in [-0.1, -0.05) is 17.8 Å². The summed E-state index contributed by atoms with van der Waals surface area (Å²) in [6.45, 7) is 4.54. The van der Waals surface area contributed by atoms with Crippen LogP contribution in [0.1, 0.15) is 17.9 Å². The summed E-state index contributed by atoms with van der Waals surface area (Å²) in [5, 5.41) is 0.735. The average Bonchev–Trinajstić information content (AvgIpc) is 2.68. The number of aromatic nitrogens is 1. The van der Waals surface area contributed by atoms with Gasteiger partial charge in [0, 0.05) is 17.5 Å². The first-order chi connectivity index (χ1) is 9.15. The second-order valence-corrected chi connectivity index (χ2v) is 5.29. The number of rotatable bonds is 6. The minimum atomic E-state index is 0.662. The molecule has 102 valence electrons. The van der Waals surface area contributed by atoms with Crippen molar-refractivity contribution in [2.75, 3.05) is 18.1 Å². The zero-order valence-corrected chi connectivity index (χ0v) is 12.0. The largest absolute Gasteiger partial charge is 0.493 e. The normalized spacial score (nSPS) is 10.6. The summed E-state index contributed by atoms with van der Waals surface area (Å²) in [5.41, 5.74) is 7.35. The average molecular weight is 278 g/mol. The maximum absolute atomic E-state index is 5.68. The molecule has 0 aliphatic heterocycles. The topological polar surface area (TPSA) is 61.3 Å². The lowest BCUT2D eigenvalue weighted by molar-refractivity contribution is 0.318. The van der Waals surface area contributed by atoms with Crippen LogP contribution >= 0.6 is 11.8 Å². The predicted molar refractivity (Wildman–Crippen MR) is 77.7 cm³/mol. The Balaban J connectivity index is 1.67. The Morgan fingerprint density at radius 1 is 1.37 bits per heavy atom. The number of hydrogen-bond donors (Lipinski definition) is 1. The van der Waals surface area contributed by atoms with E-state index < -0.39 is 0 Å². The summed E-state index contributed by atoms with van der Waals surface area (Å²) in [7, 11) is 0. The summed E-state index contributed by atoms with van der Waals surface area (Å²) in [5.74, 6) is 2.62. The monoisotopic (exact) mass is 278 g/mol. The number of ether oxygens (including phenoxy) is 1. The van der Waals surface area contributed by atoms with Crippen LogP contribution in [0.3, 0.4) is 0 Å². The Morgan fingerprint density at radius 2 is 2.21 bits per heavy atom. The first-order valence-corrected chi connectivity index (χ1v) is 7.19. The minimum Gasteiger partial charge on any atom is -0.493 e. The van der Waals surface area contributed by atoms with Crippen LogP contribution in [0.25, 0.3) is 0 Å². The molecule has 2 aromatic rings. The van der Waals surface area contributed by atoms with Gasteiger partial charge in [0.15, 0.2) is 0 Å². The van der Waals surface area contributed by atoms with Crippen LogP contribution in [0.2, 0.25) is 0 Å². The summed E-state index contributed by atoms with van der Waals surface area (Å²) >= 11 is 1.61. The second-order valence-electron chi connectivity index (χ2n) is 4.24. The number of aryl methyl sites for hydroxylation is 2. The van der Waals surface area contributed by atoms with Crippen LogP contribution in [0.15, 0.2) is 33.9 Å². The molecule has 4 nitrogen and oxygen atoms in total. The van der Waals surface area contributed by atoms with Crippen LogP contribution < -0.4 is 10.5 Å². The smallest absolute Gasteiger partial charge is 0.256 e. The molecule has 0 atom stereocenters. The summed E-state index contributed by atoms with van der Waals surface area (Å²) in [6.07, 6.45) is 0.930. The number of nitrogen functional groups attached to an aromatic ring is 1. The molecule has 0 spiro atoms. The van der Waals surface area contributed by atoms with Crippen molar-refractivity contribution in [3.05, 3.63) is 35.7 Å². The third kappa shape index (κ3) is 4.21. The highest BCUT2D eigenvalue weighted by Crippen LogP contribution is 2.21. The van der Waals surface area contributed by atoms with Crippen molar-refractivity contribution in [2.24, 2.45) is 0 Å². The quantitative estimate of drug-likeness (QED) is 0.498. The molecule has 0 fully saturated rings. The molecule has 0 unspecified atom stereocenters. The summed E-state index contributed by atoms with van der Waals surface area (Å²) in [4.78, 5) is 4.32. The molecule has 2 N–H and O–H groups in total. The second kappa shape index (κ2) is 6.52. The van der Waals surface area contributed by atoms with Crippen molar-refractivity contribution in [1.82, 2.24) is 4.98 Å². The first kappa shape index (κ1) is 13.8. The highest BCUT2D eigenvalue weighted by atomic mass is 32.2. The molecule has 0 amide bonds. The third-order valence-electron chi connectivity index (χ3n) is 2.65. The van der Waals surface area contributed by atoms with Gasteiger partial charge < -0.3 is 14.9 Å². The molecule has 0 radical (unpaired) electrons. The van der Waals surface area contributed by atoms with Gasteiger partial charge in [-0.15, -0.1) is 0 Å². The van der Waals surface area contributed by atoms with Crippen LogP contribution in [0, 0.1) is 13.8 Å². The molecule has 2 rings (SSSR count). The molecule has 1 aromatic heterocycles. The van der Waals surface area contributed by atoms with E-state index in [0.717, 1.165) is 40.3 Å². The molecule has 0 bridgehead atoms. The van der Waals surface area contributed by atoms with Crippen molar-refractivity contribution in [3.63, 3.8) is 0 Å². The highest BCUT2D eigenvalue weighted by molar-refractivity contribution is 7.99. The molecular formula is C14H18N2O2S. The van der Waals surface area contributed by atoms with Gasteiger partial charge in [-0.3, -0.25) is 0 Å². The molecule has 19 heavy (non-hydrogen) atoms. The first-order valence-electron chi connectivity index (χ1n) is 6.20. The van der Waals surface area contributed by atoms with Gasteiger partial charge >= 0.3 is 0 Å². The van der Waals surface area contributed by atoms with E-state index in [1.54, 1.807) is 11.8 Å². The zero-order chi connectivity index (χ0) is 13.7. The molecule has 1 heterocycles. The number of oxazole rings is 1. The molecule has 1 aromatic carbocycles. The van der Waals surface area contributed by atoms with Gasteiger partial charge in [0.25, 0.3) is 5.22 Å². The van der Waals surface area contributed by atoms with Crippen LogP contribution in [-0.2, 0) is 0 Å². The van der Waals surface area contributed by atoms with Crippen molar-refractivity contribution < 1.29 is 9.15 Å². The fraction of sp³-hybridized carbons (Fsp3) is 0.357. The lowest BCUT2D eigenvalue weighted by atomic mass is 10.3. The van der Waals surface area contributed by atoms with E-state index in [0.29, 0.717) is 6.61 Å². The highest BCUT2D eigenvalue weighted by Gasteiger charge is 2.05. The molecule has 0 aliphatic carbocycles. The van der Waals surface area contributed by atoms with Crippen LogP contribution in [0.4, 0.5) is 5.69 Å². The van der Waals surface area contributed by atoms with Crippen molar-refractivity contribution >= 4 is 17.4 Å². The van der Waals surface area contributed by atoms with E-state index in [4.69, 9.17) is 14.9 Å². The van der Waals surface area contributed by atoms with Gasteiger partial charge in [0.2, 0.25) is 0 Å². The number of thioether (sulfide) groups is 1. The Bertz CT molecular complexity index is 520. The molecular weight excluding hydrogens is 260 g/mol. The van der Waals surface area contributed by atoms with E-state index >= 15 is 0 Å². The third-order valence-corrected chi connectivity index (χ3v) is 3.56. The Hall–Kier alpha value is -1.62. The number of benzene rings is 1. The zero-order valence-electron chi connectivity index (χ0n) is 11.2. The fourth-order valence-electron chi connectivity index (χ4n) is 1.52. The van der Waals surface area contributed by atoms with E-state index in [9.17, 15) is 0 Å². The predicted octanol–water partition coefficient (Wildman–Crippen LogP) is 3.43. The maximum Gasteiger partial charge on any atom is 0.256 e. The summed E-state index contributed by atoms with van der Waals surface area (Å²) in [6, 6.07) is 7.46. The van der Waals surface area contributed by atoms with Gasteiger partial charge in [0.05, 0.1) is 12.3 Å². The van der Waals surface area contributed by atoms with Gasteiger partial charge in [-0.05, 0) is 32.4 Å². The van der Waals surface area contributed by atoms with Gasteiger partial charge in [0.1, 0.15) is 11.5 Å². The lowest BCUT2D eigenvalue weighted by Crippen LogP contribution is -1.99. The molecule has 0 saturated carbocycles. The standard InChI is InChI=1S/C14H18N2O2S/c1-10-11(2)18-14(16-10)19-8-4-7-17-13-6-3-5-12(15)9-13/h3,5-6,9H,4,7-8,15H2,1-2H3. The van der Waals surface area contributed by atoms with Crippen molar-refractivity contribution in [1.29, 1.82) is 0 Å². The van der Waals surface area contributed by atoms with Gasteiger partial charge in [-0.25, -0.2) is 4.98 Å². The lowest BCUT2D eigenvalue weighted by Gasteiger charge is -2.05. The van der Waals surface area contributed by atoms with E-state index in [2.05, 4.69) is 4.98 Å². The number of anilines is 1. The van der Waals surface area contributed by atoms with E-state index in [1.165, 1.54) is 0 Å². The van der Waals surface area contributed by atoms with Gasteiger partial charge in [-0.2, -0.15) is 0 Å².